The van der Waals surface area contributed by atoms with Crippen molar-refractivity contribution in [2.24, 2.45) is 0 Å². The lowest BCUT2D eigenvalue weighted by Crippen LogP contribution is -2.52. The smallest absolute Gasteiger partial charge is 0.263 e. The van der Waals surface area contributed by atoms with E-state index in [2.05, 4.69) is 20.8 Å². The topological polar surface area (TPSA) is 66.9 Å². The minimum atomic E-state index is -2.95. The lowest BCUT2D eigenvalue weighted by molar-refractivity contribution is -0.139. The molecule has 2 rings (SSSR count). The van der Waals surface area contributed by atoms with Crippen LogP contribution in [0.25, 0.3) is 0 Å². The van der Waals surface area contributed by atoms with Crippen molar-refractivity contribution >= 4 is 31.7 Å². The Kier molecular flexibility index (Phi) is 6.65. The molecule has 1 aromatic rings. The van der Waals surface area contributed by atoms with Gasteiger partial charge in [-0.25, -0.2) is 8.42 Å². The summed E-state index contributed by atoms with van der Waals surface area (Å²) >= 11 is 3.36. The Hall–Kier alpha value is -1.12. The molecule has 1 amide bonds. The molecule has 0 aromatic heterocycles. The molecular formula is C16H23BrN2O4S. The number of hydrogen-bond donors (Lipinski definition) is 0. The largest absolute Gasteiger partial charge is 0.481 e. The van der Waals surface area contributed by atoms with Gasteiger partial charge in [-0.05, 0) is 31.2 Å². The molecule has 1 unspecified atom stereocenters. The first-order valence-corrected chi connectivity index (χ1v) is 10.7. The van der Waals surface area contributed by atoms with E-state index in [0.717, 1.165) is 4.47 Å². The van der Waals surface area contributed by atoms with Crippen LogP contribution < -0.4 is 4.74 Å². The summed E-state index contributed by atoms with van der Waals surface area (Å²) in [6.45, 7) is 4.83. The summed E-state index contributed by atoms with van der Waals surface area (Å²) in [5, 5.41) is 0. The zero-order chi connectivity index (χ0) is 17.7. The van der Waals surface area contributed by atoms with Gasteiger partial charge in [0.1, 0.15) is 15.6 Å². The number of carbonyl (C=O) groups excluding carboxylic acids is 1. The molecule has 0 spiro atoms. The number of ether oxygens (including phenoxy) is 1. The van der Waals surface area contributed by atoms with E-state index in [1.807, 2.05) is 24.3 Å². The van der Waals surface area contributed by atoms with Crippen LogP contribution in [0.1, 0.15) is 6.92 Å². The summed E-state index contributed by atoms with van der Waals surface area (Å²) < 4.78 is 29.1. The van der Waals surface area contributed by atoms with Gasteiger partial charge < -0.3 is 9.64 Å². The van der Waals surface area contributed by atoms with Crippen LogP contribution in [-0.2, 0) is 14.6 Å². The predicted octanol–water partition coefficient (Wildman–Crippen LogP) is 1.41. The molecule has 1 aliphatic heterocycles. The summed E-state index contributed by atoms with van der Waals surface area (Å²) in [7, 11) is -2.95. The maximum Gasteiger partial charge on any atom is 0.263 e. The average molecular weight is 419 g/mol. The maximum atomic E-state index is 12.5. The fraction of sp³-hybridized carbons (Fsp3) is 0.562. The van der Waals surface area contributed by atoms with Crippen molar-refractivity contribution in [3.63, 3.8) is 0 Å². The summed E-state index contributed by atoms with van der Waals surface area (Å²) in [5.74, 6) is 0.774. The SMILES string of the molecule is CC(Oc1ccc(Br)cc1)C(=O)N1CCN(CCS(C)(=O)=O)CC1. The first-order valence-electron chi connectivity index (χ1n) is 7.86. The second-order valence-corrected chi connectivity index (χ2v) is 9.19. The Morgan fingerprint density at radius 1 is 1.21 bits per heavy atom. The van der Waals surface area contributed by atoms with Gasteiger partial charge in [-0.1, -0.05) is 15.9 Å². The zero-order valence-corrected chi connectivity index (χ0v) is 16.3. The molecule has 0 N–H and O–H groups in total. The lowest BCUT2D eigenvalue weighted by Gasteiger charge is -2.35. The van der Waals surface area contributed by atoms with Crippen LogP contribution in [0.3, 0.4) is 0 Å². The minimum absolute atomic E-state index is 0.0410. The normalized spacial score (nSPS) is 17.5. The fourth-order valence-electron chi connectivity index (χ4n) is 2.51. The highest BCUT2D eigenvalue weighted by Gasteiger charge is 2.26. The molecular weight excluding hydrogens is 396 g/mol. The van der Waals surface area contributed by atoms with Crippen molar-refractivity contribution in [3.8, 4) is 5.75 Å². The second kappa shape index (κ2) is 8.31. The standard InChI is InChI=1S/C16H23BrN2O4S/c1-13(23-15-5-3-14(17)4-6-15)16(20)19-9-7-18(8-10-19)11-12-24(2,21)22/h3-6,13H,7-12H2,1-2H3. The first kappa shape index (κ1) is 19.2. The molecule has 1 fully saturated rings. The van der Waals surface area contributed by atoms with Gasteiger partial charge in [0.25, 0.3) is 5.91 Å². The summed E-state index contributed by atoms with van der Waals surface area (Å²) in [6, 6.07) is 7.37. The predicted molar refractivity (Wildman–Crippen MR) is 97.0 cm³/mol. The highest BCUT2D eigenvalue weighted by Crippen LogP contribution is 2.18. The summed E-state index contributed by atoms with van der Waals surface area (Å²) in [6.07, 6.45) is 0.697. The van der Waals surface area contributed by atoms with E-state index >= 15 is 0 Å². The number of nitrogens with zero attached hydrogens (tertiary/aromatic N) is 2. The molecule has 1 aromatic carbocycles. The number of sulfone groups is 1. The number of carbonyl (C=O) groups is 1. The Morgan fingerprint density at radius 2 is 1.79 bits per heavy atom. The maximum absolute atomic E-state index is 12.5. The Bertz CT molecular complexity index is 655. The van der Waals surface area contributed by atoms with Crippen LogP contribution >= 0.6 is 15.9 Å². The molecule has 6 nitrogen and oxygen atoms in total. The van der Waals surface area contributed by atoms with Crippen LogP contribution in [0.5, 0.6) is 5.75 Å². The highest BCUT2D eigenvalue weighted by atomic mass is 79.9. The molecule has 1 heterocycles. The molecule has 1 saturated heterocycles. The minimum Gasteiger partial charge on any atom is -0.481 e. The van der Waals surface area contributed by atoms with E-state index in [1.54, 1.807) is 11.8 Å². The zero-order valence-electron chi connectivity index (χ0n) is 13.9. The number of rotatable bonds is 6. The molecule has 0 saturated carbocycles. The van der Waals surface area contributed by atoms with E-state index in [0.29, 0.717) is 38.5 Å². The quantitative estimate of drug-likeness (QED) is 0.698. The number of piperazine rings is 1. The van der Waals surface area contributed by atoms with Crippen LogP contribution in [0.2, 0.25) is 0 Å². The molecule has 1 atom stereocenters. The van der Waals surface area contributed by atoms with Crippen molar-refractivity contribution < 1.29 is 17.9 Å². The van der Waals surface area contributed by atoms with Gasteiger partial charge in [-0.2, -0.15) is 0 Å². The third-order valence-electron chi connectivity index (χ3n) is 3.94. The molecule has 8 heteroatoms. The Balaban J connectivity index is 1.80. The van der Waals surface area contributed by atoms with Crippen molar-refractivity contribution in [3.05, 3.63) is 28.7 Å². The van der Waals surface area contributed by atoms with Gasteiger partial charge in [-0.3, -0.25) is 9.69 Å². The summed E-state index contributed by atoms with van der Waals surface area (Å²) in [5.41, 5.74) is 0. The molecule has 0 aliphatic carbocycles. The van der Waals surface area contributed by atoms with Crippen LogP contribution in [0, 0.1) is 0 Å². The van der Waals surface area contributed by atoms with E-state index in [9.17, 15) is 13.2 Å². The highest BCUT2D eigenvalue weighted by molar-refractivity contribution is 9.10. The fourth-order valence-corrected chi connectivity index (χ4v) is 3.37. The van der Waals surface area contributed by atoms with E-state index in [-0.39, 0.29) is 11.7 Å². The van der Waals surface area contributed by atoms with Crippen molar-refractivity contribution in [2.75, 3.05) is 44.7 Å². The summed E-state index contributed by atoms with van der Waals surface area (Å²) in [4.78, 5) is 16.3. The number of halogens is 1. The monoisotopic (exact) mass is 418 g/mol. The van der Waals surface area contributed by atoms with E-state index in [1.165, 1.54) is 6.26 Å². The van der Waals surface area contributed by atoms with Crippen LogP contribution in [0.4, 0.5) is 0 Å². The van der Waals surface area contributed by atoms with Crippen molar-refractivity contribution in [1.82, 2.24) is 9.80 Å². The van der Waals surface area contributed by atoms with Crippen LogP contribution in [0.15, 0.2) is 28.7 Å². The molecule has 1 aliphatic rings. The second-order valence-electron chi connectivity index (χ2n) is 6.01. The van der Waals surface area contributed by atoms with E-state index < -0.39 is 15.9 Å². The van der Waals surface area contributed by atoms with Crippen LogP contribution in [-0.4, -0.2) is 75.0 Å². The van der Waals surface area contributed by atoms with E-state index in [4.69, 9.17) is 4.74 Å². The van der Waals surface area contributed by atoms with Gasteiger partial charge in [-0.15, -0.1) is 0 Å². The molecule has 134 valence electrons. The van der Waals surface area contributed by atoms with Gasteiger partial charge in [0, 0.05) is 43.5 Å². The number of amides is 1. The lowest BCUT2D eigenvalue weighted by atomic mass is 10.2. The van der Waals surface area contributed by atoms with Crippen molar-refractivity contribution in [1.29, 1.82) is 0 Å². The Labute approximate surface area is 151 Å². The third-order valence-corrected chi connectivity index (χ3v) is 5.39. The molecule has 0 radical (unpaired) electrons. The van der Waals surface area contributed by atoms with Crippen molar-refractivity contribution in [2.45, 2.75) is 13.0 Å². The van der Waals surface area contributed by atoms with Gasteiger partial charge in [0.2, 0.25) is 0 Å². The van der Waals surface area contributed by atoms with Gasteiger partial charge >= 0.3 is 0 Å². The first-order chi connectivity index (χ1) is 11.2. The van der Waals surface area contributed by atoms with Gasteiger partial charge in [0.05, 0.1) is 5.75 Å². The Morgan fingerprint density at radius 3 is 2.33 bits per heavy atom. The third kappa shape index (κ3) is 6.07. The average Bonchev–Trinajstić information content (AvgIpc) is 2.54. The number of benzene rings is 1. The molecule has 0 bridgehead atoms. The molecule has 24 heavy (non-hydrogen) atoms. The number of hydrogen-bond acceptors (Lipinski definition) is 5. The van der Waals surface area contributed by atoms with Gasteiger partial charge in [0.15, 0.2) is 6.10 Å².